The molecule has 0 atom stereocenters. The third kappa shape index (κ3) is 2.92. The molecule has 7 heteroatoms. The molecule has 6 nitrogen and oxygen atoms in total. The summed E-state index contributed by atoms with van der Waals surface area (Å²) in [6.07, 6.45) is 0. The fraction of sp³-hybridized carbons (Fsp3) is 0. The highest BCUT2D eigenvalue weighted by Crippen LogP contribution is 2.37. The Labute approximate surface area is 124 Å². The monoisotopic (exact) mass is 304 g/mol. The Bertz CT molecular complexity index is 669. The minimum absolute atomic E-state index is 0.00652. The van der Waals surface area contributed by atoms with E-state index in [0.29, 0.717) is 9.79 Å². The summed E-state index contributed by atoms with van der Waals surface area (Å²) in [5.74, 6) is -2.25. The minimum Gasteiger partial charge on any atom is -0.478 e. The molecule has 2 rings (SSSR count). The summed E-state index contributed by atoms with van der Waals surface area (Å²) in [7, 11) is 0. The van der Waals surface area contributed by atoms with Crippen LogP contribution >= 0.6 is 11.8 Å². The van der Waals surface area contributed by atoms with Gasteiger partial charge in [-0.1, -0.05) is 23.9 Å². The molecule has 2 aromatic rings. The fourth-order valence-corrected chi connectivity index (χ4v) is 2.73. The second kappa shape index (κ2) is 5.76. The molecule has 2 aromatic carbocycles. The molecule has 108 valence electrons. The fourth-order valence-electron chi connectivity index (χ4n) is 1.76. The first kappa shape index (κ1) is 14.7. The van der Waals surface area contributed by atoms with Gasteiger partial charge in [-0.3, -0.25) is 0 Å². The maximum absolute atomic E-state index is 11.0. The van der Waals surface area contributed by atoms with Crippen LogP contribution in [0, 0.1) is 0 Å². The van der Waals surface area contributed by atoms with Gasteiger partial charge in [0.15, 0.2) is 0 Å². The van der Waals surface area contributed by atoms with Gasteiger partial charge in [-0.2, -0.15) is 0 Å². The van der Waals surface area contributed by atoms with Crippen molar-refractivity contribution in [2.75, 3.05) is 11.5 Å². The predicted octanol–water partition coefficient (Wildman–Crippen LogP) is 2.40. The molecule has 0 bridgehead atoms. The SMILES string of the molecule is Nc1c(Sc2cccc(C(=O)O)c2N)cccc1C(=O)O. The molecule has 0 radical (unpaired) electrons. The Morgan fingerprint density at radius 3 is 1.52 bits per heavy atom. The number of nitrogen functional groups attached to an aromatic ring is 2. The molecule has 0 fully saturated rings. The van der Waals surface area contributed by atoms with E-state index in [2.05, 4.69) is 0 Å². The number of rotatable bonds is 4. The van der Waals surface area contributed by atoms with Crippen molar-refractivity contribution in [1.29, 1.82) is 0 Å². The molecule has 0 aromatic heterocycles. The number of para-hydroxylation sites is 2. The predicted molar refractivity (Wildman–Crippen MR) is 79.8 cm³/mol. The lowest BCUT2D eigenvalue weighted by molar-refractivity contribution is 0.0687. The van der Waals surface area contributed by atoms with Crippen molar-refractivity contribution in [3.8, 4) is 0 Å². The first-order valence-corrected chi connectivity index (χ1v) is 6.65. The van der Waals surface area contributed by atoms with E-state index in [4.69, 9.17) is 21.7 Å². The molecule has 0 saturated heterocycles. The highest BCUT2D eigenvalue weighted by Gasteiger charge is 2.15. The number of anilines is 2. The zero-order chi connectivity index (χ0) is 15.6. The van der Waals surface area contributed by atoms with Gasteiger partial charge in [-0.05, 0) is 24.3 Å². The minimum atomic E-state index is -1.12. The van der Waals surface area contributed by atoms with Gasteiger partial charge in [-0.15, -0.1) is 0 Å². The molecule has 0 amide bonds. The van der Waals surface area contributed by atoms with Crippen molar-refractivity contribution in [2.24, 2.45) is 0 Å². The van der Waals surface area contributed by atoms with Crippen LogP contribution in [0.1, 0.15) is 20.7 Å². The van der Waals surface area contributed by atoms with Gasteiger partial charge in [0.2, 0.25) is 0 Å². The van der Waals surface area contributed by atoms with Crippen LogP contribution in [0.4, 0.5) is 11.4 Å². The molecule has 0 spiro atoms. The van der Waals surface area contributed by atoms with Crippen molar-refractivity contribution in [2.45, 2.75) is 9.79 Å². The van der Waals surface area contributed by atoms with Crippen molar-refractivity contribution >= 4 is 35.1 Å². The summed E-state index contributed by atoms with van der Waals surface area (Å²) >= 11 is 1.13. The quantitative estimate of drug-likeness (QED) is 0.639. The normalized spacial score (nSPS) is 10.3. The summed E-state index contributed by atoms with van der Waals surface area (Å²) in [5.41, 5.74) is 11.9. The molecule has 0 saturated carbocycles. The van der Waals surface area contributed by atoms with Crippen LogP contribution < -0.4 is 11.5 Å². The molecule has 0 aliphatic carbocycles. The van der Waals surface area contributed by atoms with Crippen LogP contribution in [0.15, 0.2) is 46.2 Å². The van der Waals surface area contributed by atoms with Crippen LogP contribution in [-0.4, -0.2) is 22.2 Å². The van der Waals surface area contributed by atoms with E-state index in [1.165, 1.54) is 12.1 Å². The molecule has 0 aliphatic rings. The Balaban J connectivity index is 2.44. The van der Waals surface area contributed by atoms with Crippen molar-refractivity contribution in [3.05, 3.63) is 47.5 Å². The van der Waals surface area contributed by atoms with E-state index in [-0.39, 0.29) is 22.5 Å². The topological polar surface area (TPSA) is 127 Å². The summed E-state index contributed by atoms with van der Waals surface area (Å²) in [6, 6.07) is 9.24. The smallest absolute Gasteiger partial charge is 0.337 e. The maximum atomic E-state index is 11.0. The maximum Gasteiger partial charge on any atom is 0.337 e. The van der Waals surface area contributed by atoms with Gasteiger partial charge in [0, 0.05) is 9.79 Å². The van der Waals surface area contributed by atoms with E-state index >= 15 is 0 Å². The Kier molecular flexibility index (Phi) is 4.04. The van der Waals surface area contributed by atoms with E-state index in [0.717, 1.165) is 11.8 Å². The Morgan fingerprint density at radius 1 is 0.810 bits per heavy atom. The molecule has 0 unspecified atom stereocenters. The van der Waals surface area contributed by atoms with Gasteiger partial charge >= 0.3 is 11.9 Å². The molecule has 21 heavy (non-hydrogen) atoms. The number of hydrogen-bond donors (Lipinski definition) is 4. The van der Waals surface area contributed by atoms with Gasteiger partial charge in [0.1, 0.15) is 0 Å². The summed E-state index contributed by atoms with van der Waals surface area (Å²) < 4.78 is 0. The van der Waals surface area contributed by atoms with Crippen molar-refractivity contribution in [1.82, 2.24) is 0 Å². The first-order valence-electron chi connectivity index (χ1n) is 5.83. The van der Waals surface area contributed by atoms with Gasteiger partial charge < -0.3 is 21.7 Å². The van der Waals surface area contributed by atoms with E-state index in [1.54, 1.807) is 24.3 Å². The van der Waals surface area contributed by atoms with Crippen LogP contribution in [0.25, 0.3) is 0 Å². The van der Waals surface area contributed by atoms with E-state index < -0.39 is 11.9 Å². The highest BCUT2D eigenvalue weighted by atomic mass is 32.2. The molecule has 6 N–H and O–H groups in total. The van der Waals surface area contributed by atoms with Gasteiger partial charge in [-0.25, -0.2) is 9.59 Å². The van der Waals surface area contributed by atoms with Crippen LogP contribution in [0.5, 0.6) is 0 Å². The van der Waals surface area contributed by atoms with Crippen molar-refractivity contribution < 1.29 is 19.8 Å². The summed E-state index contributed by atoms with van der Waals surface area (Å²) in [4.78, 5) is 23.1. The zero-order valence-corrected chi connectivity index (χ0v) is 11.6. The highest BCUT2D eigenvalue weighted by molar-refractivity contribution is 7.99. The Hall–Kier alpha value is -2.67. The van der Waals surface area contributed by atoms with Crippen molar-refractivity contribution in [3.63, 3.8) is 0 Å². The molecule has 0 heterocycles. The average molecular weight is 304 g/mol. The van der Waals surface area contributed by atoms with E-state index in [9.17, 15) is 9.59 Å². The lowest BCUT2D eigenvalue weighted by Gasteiger charge is -2.11. The van der Waals surface area contributed by atoms with Gasteiger partial charge in [0.25, 0.3) is 0 Å². The third-order valence-corrected chi connectivity index (χ3v) is 3.96. The lowest BCUT2D eigenvalue weighted by Crippen LogP contribution is -2.04. The number of carbonyl (C=O) groups is 2. The average Bonchev–Trinajstić information content (AvgIpc) is 2.42. The van der Waals surface area contributed by atoms with Crippen LogP contribution in [0.2, 0.25) is 0 Å². The van der Waals surface area contributed by atoms with Crippen LogP contribution in [-0.2, 0) is 0 Å². The second-order valence-electron chi connectivity index (χ2n) is 4.15. The standard InChI is InChI=1S/C14H12N2O4S/c15-11-7(13(17)18)3-1-5-9(11)21-10-6-2-4-8(12(10)16)14(19)20/h1-6H,15-16H2,(H,17,18)(H,19,20). The first-order chi connectivity index (χ1) is 9.91. The molecule has 0 aliphatic heterocycles. The summed E-state index contributed by atoms with van der Waals surface area (Å²) in [5, 5.41) is 18.1. The number of benzene rings is 2. The molecular formula is C14H12N2O4S. The number of carboxylic acids is 2. The lowest BCUT2D eigenvalue weighted by atomic mass is 10.2. The second-order valence-corrected chi connectivity index (χ2v) is 5.23. The zero-order valence-electron chi connectivity index (χ0n) is 10.7. The Morgan fingerprint density at radius 2 is 1.19 bits per heavy atom. The number of hydrogen-bond acceptors (Lipinski definition) is 5. The number of carboxylic acid groups (broad SMARTS) is 2. The third-order valence-electron chi connectivity index (χ3n) is 2.81. The molecular weight excluding hydrogens is 292 g/mol. The number of nitrogens with two attached hydrogens (primary N) is 2. The largest absolute Gasteiger partial charge is 0.478 e. The van der Waals surface area contributed by atoms with Crippen LogP contribution in [0.3, 0.4) is 0 Å². The van der Waals surface area contributed by atoms with E-state index in [1.807, 2.05) is 0 Å². The van der Waals surface area contributed by atoms with Gasteiger partial charge in [0.05, 0.1) is 22.5 Å². The number of aromatic carboxylic acids is 2. The summed E-state index contributed by atoms with van der Waals surface area (Å²) in [6.45, 7) is 0.